The maximum Gasteiger partial charge on any atom is 0.303 e. The quantitative estimate of drug-likeness (QED) is 0.864. The summed E-state index contributed by atoms with van der Waals surface area (Å²) in [5.41, 5.74) is 1.84. The normalized spacial score (nSPS) is 17.5. The number of anilines is 1. The number of carbonyl (C=O) groups is 1. The summed E-state index contributed by atoms with van der Waals surface area (Å²) in [5, 5.41) is 18.5. The van der Waals surface area contributed by atoms with Crippen molar-refractivity contribution in [3.05, 3.63) is 42.0 Å². The average Bonchev–Trinajstić information content (AvgIpc) is 2.61. The molecule has 0 amide bonds. The van der Waals surface area contributed by atoms with Crippen LogP contribution in [0.15, 0.2) is 30.6 Å². The van der Waals surface area contributed by atoms with E-state index in [0.717, 1.165) is 30.5 Å². The van der Waals surface area contributed by atoms with E-state index in [1.165, 1.54) is 6.07 Å². The van der Waals surface area contributed by atoms with Gasteiger partial charge in [0, 0.05) is 37.5 Å². The number of carboxylic acids is 1. The number of benzene rings is 1. The lowest BCUT2D eigenvalue weighted by Crippen LogP contribution is -2.39. The molecule has 1 unspecified atom stereocenters. The molecule has 0 spiro atoms. The average molecular weight is 345 g/mol. The van der Waals surface area contributed by atoms with E-state index in [2.05, 4.69) is 9.97 Å². The number of halogens is 1. The summed E-state index contributed by atoms with van der Waals surface area (Å²) >= 11 is 0. The molecule has 1 aromatic heterocycles. The molecule has 3 rings (SSSR count). The molecule has 0 saturated carbocycles. The minimum absolute atomic E-state index is 0.118. The number of carboxylic acid groups (broad SMARTS) is 1. The number of aromatic nitrogens is 2. The Labute approximate surface area is 145 Å². The van der Waals surface area contributed by atoms with Crippen LogP contribution in [0.2, 0.25) is 0 Å². The van der Waals surface area contributed by atoms with Crippen LogP contribution in [0.3, 0.4) is 0 Å². The van der Waals surface area contributed by atoms with Crippen molar-refractivity contribution in [1.29, 1.82) is 0 Å². The molecule has 2 heterocycles. The molecule has 1 fully saturated rings. The third-order valence-corrected chi connectivity index (χ3v) is 4.30. The SMILES string of the molecule is O=C(O)CCc1cc(-c2cnc(N3CCCC(O)C3)nc2)ccc1F. The smallest absolute Gasteiger partial charge is 0.303 e. The van der Waals surface area contributed by atoms with Gasteiger partial charge in [0.15, 0.2) is 0 Å². The van der Waals surface area contributed by atoms with Crippen LogP contribution in [0.5, 0.6) is 0 Å². The van der Waals surface area contributed by atoms with Crippen molar-refractivity contribution in [2.45, 2.75) is 31.8 Å². The van der Waals surface area contributed by atoms with E-state index < -0.39 is 11.8 Å². The number of nitrogens with zero attached hydrogens (tertiary/aromatic N) is 3. The van der Waals surface area contributed by atoms with Crippen LogP contribution >= 0.6 is 0 Å². The molecule has 6 nitrogen and oxygen atoms in total. The van der Waals surface area contributed by atoms with E-state index in [4.69, 9.17) is 5.11 Å². The van der Waals surface area contributed by atoms with Gasteiger partial charge in [-0.15, -0.1) is 0 Å². The highest BCUT2D eigenvalue weighted by Gasteiger charge is 2.19. The molecule has 7 heteroatoms. The Balaban J connectivity index is 1.77. The molecule has 1 saturated heterocycles. The van der Waals surface area contributed by atoms with Gasteiger partial charge in [-0.2, -0.15) is 0 Å². The standard InChI is InChI=1S/C18H20FN3O3/c19-16-5-3-12(8-13(16)4-6-17(24)25)14-9-20-18(21-10-14)22-7-1-2-15(23)11-22/h3,5,8-10,15,23H,1-2,4,6-7,11H2,(H,24,25). The van der Waals surface area contributed by atoms with Crippen LogP contribution in [0, 0.1) is 5.82 Å². The molecule has 1 aromatic carbocycles. The van der Waals surface area contributed by atoms with Gasteiger partial charge in [0.2, 0.25) is 5.95 Å². The summed E-state index contributed by atoms with van der Waals surface area (Å²) in [6, 6.07) is 4.60. The van der Waals surface area contributed by atoms with Gasteiger partial charge in [0.25, 0.3) is 0 Å². The fraction of sp³-hybridized carbons (Fsp3) is 0.389. The summed E-state index contributed by atoms with van der Waals surface area (Å²) in [4.78, 5) is 21.3. The number of aliphatic hydroxyl groups excluding tert-OH is 1. The lowest BCUT2D eigenvalue weighted by atomic mass is 10.0. The minimum Gasteiger partial charge on any atom is -0.481 e. The Morgan fingerprint density at radius 1 is 1.28 bits per heavy atom. The molecule has 25 heavy (non-hydrogen) atoms. The monoisotopic (exact) mass is 345 g/mol. The van der Waals surface area contributed by atoms with E-state index in [1.54, 1.807) is 24.5 Å². The number of aryl methyl sites for hydroxylation is 1. The molecule has 0 radical (unpaired) electrons. The van der Waals surface area contributed by atoms with E-state index >= 15 is 0 Å². The molecular formula is C18H20FN3O3. The van der Waals surface area contributed by atoms with Crippen LogP contribution in [-0.2, 0) is 11.2 Å². The number of piperidine rings is 1. The van der Waals surface area contributed by atoms with Gasteiger partial charge in [-0.3, -0.25) is 4.79 Å². The highest BCUT2D eigenvalue weighted by atomic mass is 19.1. The van der Waals surface area contributed by atoms with Crippen molar-refractivity contribution in [2.24, 2.45) is 0 Å². The Morgan fingerprint density at radius 2 is 2.04 bits per heavy atom. The summed E-state index contributed by atoms with van der Waals surface area (Å²) in [6.07, 6.45) is 4.69. The Bertz CT molecular complexity index is 752. The number of rotatable bonds is 5. The van der Waals surface area contributed by atoms with Crippen LogP contribution in [-0.4, -0.2) is 45.3 Å². The summed E-state index contributed by atoms with van der Waals surface area (Å²) in [5.74, 6) is -0.804. The van der Waals surface area contributed by atoms with Gasteiger partial charge >= 0.3 is 5.97 Å². The molecule has 2 aromatic rings. The Kier molecular flexibility index (Phi) is 5.23. The van der Waals surface area contributed by atoms with Crippen LogP contribution in [0.25, 0.3) is 11.1 Å². The van der Waals surface area contributed by atoms with Gasteiger partial charge in [-0.05, 0) is 42.5 Å². The van der Waals surface area contributed by atoms with Crippen LogP contribution in [0.4, 0.5) is 10.3 Å². The second kappa shape index (κ2) is 7.57. The van der Waals surface area contributed by atoms with Crippen molar-refractivity contribution < 1.29 is 19.4 Å². The van der Waals surface area contributed by atoms with Crippen molar-refractivity contribution in [3.63, 3.8) is 0 Å². The van der Waals surface area contributed by atoms with Gasteiger partial charge in [0.1, 0.15) is 5.82 Å². The highest BCUT2D eigenvalue weighted by molar-refractivity contribution is 5.68. The Hall–Kier alpha value is -2.54. The minimum atomic E-state index is -0.957. The number of aliphatic hydroxyl groups is 1. The molecule has 0 aliphatic carbocycles. The molecule has 132 valence electrons. The molecular weight excluding hydrogens is 325 g/mol. The lowest BCUT2D eigenvalue weighted by Gasteiger charge is -2.29. The second-order valence-electron chi connectivity index (χ2n) is 6.21. The van der Waals surface area contributed by atoms with Gasteiger partial charge < -0.3 is 15.1 Å². The summed E-state index contributed by atoms with van der Waals surface area (Å²) < 4.78 is 13.8. The van der Waals surface area contributed by atoms with Crippen LogP contribution < -0.4 is 4.90 Å². The third-order valence-electron chi connectivity index (χ3n) is 4.30. The third kappa shape index (κ3) is 4.30. The largest absolute Gasteiger partial charge is 0.481 e. The first-order valence-electron chi connectivity index (χ1n) is 8.28. The van der Waals surface area contributed by atoms with Crippen molar-refractivity contribution >= 4 is 11.9 Å². The Morgan fingerprint density at radius 3 is 2.72 bits per heavy atom. The van der Waals surface area contributed by atoms with E-state index in [-0.39, 0.29) is 18.9 Å². The number of hydrogen-bond acceptors (Lipinski definition) is 5. The van der Waals surface area contributed by atoms with Gasteiger partial charge in [0.05, 0.1) is 6.10 Å². The van der Waals surface area contributed by atoms with E-state index in [1.807, 2.05) is 4.90 Å². The van der Waals surface area contributed by atoms with Crippen molar-refractivity contribution in [2.75, 3.05) is 18.0 Å². The summed E-state index contributed by atoms with van der Waals surface area (Å²) in [7, 11) is 0. The predicted molar refractivity (Wildman–Crippen MR) is 90.8 cm³/mol. The number of aliphatic carboxylic acids is 1. The van der Waals surface area contributed by atoms with E-state index in [9.17, 15) is 14.3 Å². The molecule has 1 atom stereocenters. The van der Waals surface area contributed by atoms with Gasteiger partial charge in [-0.1, -0.05) is 6.07 Å². The predicted octanol–water partition coefficient (Wildman–Crippen LogP) is 2.26. The van der Waals surface area contributed by atoms with E-state index in [0.29, 0.717) is 18.1 Å². The fourth-order valence-electron chi connectivity index (χ4n) is 2.96. The molecule has 1 aliphatic rings. The summed E-state index contributed by atoms with van der Waals surface area (Å²) in [6.45, 7) is 1.33. The molecule has 0 bridgehead atoms. The van der Waals surface area contributed by atoms with Crippen LogP contribution in [0.1, 0.15) is 24.8 Å². The second-order valence-corrected chi connectivity index (χ2v) is 6.21. The zero-order valence-corrected chi connectivity index (χ0v) is 13.7. The van der Waals surface area contributed by atoms with Crippen molar-refractivity contribution in [1.82, 2.24) is 9.97 Å². The zero-order chi connectivity index (χ0) is 17.8. The first-order valence-corrected chi connectivity index (χ1v) is 8.28. The maximum atomic E-state index is 13.8. The molecule has 2 N–H and O–H groups in total. The number of β-amino-alcohol motifs (C(OH)–C–C–N with tert-alkyl or cyclic N) is 1. The zero-order valence-electron chi connectivity index (χ0n) is 13.7. The highest BCUT2D eigenvalue weighted by Crippen LogP contribution is 2.23. The first-order chi connectivity index (χ1) is 12.0. The molecule has 1 aliphatic heterocycles. The van der Waals surface area contributed by atoms with Gasteiger partial charge in [-0.25, -0.2) is 14.4 Å². The first kappa shape index (κ1) is 17.3. The lowest BCUT2D eigenvalue weighted by molar-refractivity contribution is -0.136. The maximum absolute atomic E-state index is 13.8. The number of hydrogen-bond donors (Lipinski definition) is 2. The van der Waals surface area contributed by atoms with Crippen molar-refractivity contribution in [3.8, 4) is 11.1 Å². The topological polar surface area (TPSA) is 86.5 Å². The fourth-order valence-corrected chi connectivity index (χ4v) is 2.96.